The zero-order chi connectivity index (χ0) is 53.8. The van der Waals surface area contributed by atoms with E-state index in [0.29, 0.717) is 18.7 Å². The van der Waals surface area contributed by atoms with E-state index in [4.69, 9.17) is 30.4 Å². The number of phenolic OH excluding ortho intramolecular Hbond substituents is 3. The number of ether oxygens (including phenoxy) is 4. The number of fused-ring (bicyclic) bond motifs is 15. The Bertz CT molecular complexity index is 2900. The van der Waals surface area contributed by atoms with E-state index in [1.165, 1.54) is 58.4 Å². The molecule has 13 N–H and O–H groups in total. The lowest BCUT2D eigenvalue weighted by atomic mass is 9.88. The number of anilines is 3. The zero-order valence-electron chi connectivity index (χ0n) is 41.7. The smallest absolute Gasteiger partial charge is 0.336 e. The molecule has 10 atom stereocenters. The predicted octanol–water partition coefficient (Wildman–Crippen LogP) is 3.38. The fourth-order valence-corrected chi connectivity index (χ4v) is 10.0. The largest absolute Gasteiger partial charge is 0.507 e. The van der Waals surface area contributed by atoms with Gasteiger partial charge in [0.2, 0.25) is 0 Å². The highest BCUT2D eigenvalue weighted by atomic mass is 19.1. The molecule has 398 valence electrons. The lowest BCUT2D eigenvalue weighted by Crippen LogP contribution is -2.59. The molecule has 9 rings (SSSR count). The van der Waals surface area contributed by atoms with Crippen molar-refractivity contribution < 1.29 is 78.3 Å². The number of aromatic hydroxyl groups is 3. The van der Waals surface area contributed by atoms with Crippen LogP contribution in [0.3, 0.4) is 0 Å². The molecule has 0 spiro atoms. The molecule has 6 aliphatic rings. The minimum absolute atomic E-state index is 0.00437. The number of aliphatic carboxylic acids is 1. The minimum Gasteiger partial charge on any atom is -0.507 e. The van der Waals surface area contributed by atoms with E-state index < -0.39 is 107 Å². The number of methoxy groups -OCH3 is 1. The van der Waals surface area contributed by atoms with Crippen LogP contribution < -0.4 is 36.6 Å². The second-order valence-corrected chi connectivity index (χ2v) is 19.7. The Labute approximate surface area is 425 Å². The monoisotopic (exact) mass is 1030 g/mol. The number of hydrogen-bond donors (Lipinski definition) is 11. The Kier molecular flexibility index (Phi) is 15.1. The van der Waals surface area contributed by atoms with Crippen molar-refractivity contribution in [2.24, 2.45) is 17.4 Å². The van der Waals surface area contributed by atoms with Crippen molar-refractivity contribution >= 4 is 51.5 Å². The van der Waals surface area contributed by atoms with Crippen molar-refractivity contribution in [2.75, 3.05) is 35.3 Å². The van der Waals surface area contributed by atoms with Crippen molar-refractivity contribution in [1.29, 1.82) is 0 Å². The van der Waals surface area contributed by atoms with Gasteiger partial charge in [-0.25, -0.2) is 9.18 Å². The van der Waals surface area contributed by atoms with Crippen molar-refractivity contribution in [3.05, 3.63) is 88.1 Å². The molecule has 2 fully saturated rings. The molecule has 22 heteroatoms. The quantitative estimate of drug-likeness (QED) is 0.0875. The number of phenols is 3. The number of hydrogen-bond acceptors (Lipinski definition) is 19. The van der Waals surface area contributed by atoms with E-state index in [1.54, 1.807) is 22.8 Å². The Balaban J connectivity index is 1.16. The molecule has 5 heterocycles. The number of carboxylic acid groups (broad SMARTS) is 1. The van der Waals surface area contributed by atoms with Gasteiger partial charge in [0, 0.05) is 105 Å². The summed E-state index contributed by atoms with van der Waals surface area (Å²) < 4.78 is 39.2. The van der Waals surface area contributed by atoms with Gasteiger partial charge in [-0.05, 0) is 51.3 Å². The molecule has 5 aliphatic heterocycles. The molecule has 1 unspecified atom stereocenters. The fraction of sp³-hybridized carbons (Fsp3) is 0.462. The summed E-state index contributed by atoms with van der Waals surface area (Å²) in [5.74, 6) is -9.29. The Morgan fingerprint density at radius 3 is 2.36 bits per heavy atom. The third-order valence-corrected chi connectivity index (χ3v) is 14.6. The summed E-state index contributed by atoms with van der Waals surface area (Å²) in [6.07, 6.45) is 3.44. The number of Topliss-reactive ketones (excluding diaryl/α,β-unsaturated/α-hetero) is 1. The van der Waals surface area contributed by atoms with E-state index in [0.717, 1.165) is 32.1 Å². The van der Waals surface area contributed by atoms with Gasteiger partial charge in [-0.2, -0.15) is 0 Å². The number of amides is 1. The van der Waals surface area contributed by atoms with Crippen molar-refractivity contribution in [3.63, 3.8) is 0 Å². The maximum atomic E-state index is 16.0. The molecular weight excluding hydrogens is 968 g/mol. The number of benzene rings is 3. The standard InChI is InChI=1S/C52H63FN6O15/c1-22-8-7-9-23(2)50(68)57-41-30(19-56-26-12-14-58(20-26)34-18-33-29(17-32(34)53)44(63)31(51(69)70)21-59(33)27-10-11-27)45(64)36-37(46(41)65)43(62)24(3)48-38(36)49(67)52(5,74-48)72-15-13-28(71-6)16-35(73-25(4)60)39(54)47(66)40(55)42(22)61/h7-9,13,15,17-18,21-22,26-28,35,39-40,42,44,47,56,61-66H,10-12,14,16,19-20,54-55H2,1-6H3,(H,57,68)(H,69,70)/b8-7+,15-13+,23-9-/t22-,26-,28-,35+,39-,40+,42-,44?,47-,52-/m0/s1. The number of allylic oxidation sites excluding steroid dienone is 2. The maximum Gasteiger partial charge on any atom is 0.336 e. The molecule has 1 saturated carbocycles. The summed E-state index contributed by atoms with van der Waals surface area (Å²) >= 11 is 0. The van der Waals surface area contributed by atoms with E-state index >= 15 is 4.39 Å². The number of carbonyl (C=O) groups excluding carboxylic acids is 3. The van der Waals surface area contributed by atoms with E-state index in [2.05, 4.69) is 10.6 Å². The molecule has 3 aromatic carbocycles. The highest BCUT2D eigenvalue weighted by Crippen LogP contribution is 2.55. The van der Waals surface area contributed by atoms with Crippen LogP contribution in [0.1, 0.15) is 86.5 Å². The minimum atomic E-state index is -2.15. The first-order chi connectivity index (χ1) is 35.0. The number of nitrogens with two attached hydrogens (primary N) is 2. The van der Waals surface area contributed by atoms with Crippen LogP contribution in [-0.4, -0.2) is 134 Å². The van der Waals surface area contributed by atoms with Crippen LogP contribution in [0.2, 0.25) is 0 Å². The van der Waals surface area contributed by atoms with E-state index in [9.17, 15) is 54.9 Å². The highest BCUT2D eigenvalue weighted by Gasteiger charge is 2.50. The van der Waals surface area contributed by atoms with Crippen molar-refractivity contribution in [1.82, 2.24) is 5.32 Å². The SMILES string of the molecule is CO[C@H]1/C=C/O[C@@]2(C)Oc3c(C)c(O)c4c(O)c(c(CN[C@H]5CCN(c6cc7c(cc6F)C(O)C(C(=O)O)=CN7C6CC6)C5)c(O)c4c3C2=O)NC(=O)/C(C)=C\C=C\[C@H](C)[C@H](O)[C@@H](N)[C@@H](O)[C@@H](N)[C@H](OC(C)=O)C1. The molecule has 0 radical (unpaired) electrons. The molecule has 1 aliphatic carbocycles. The third kappa shape index (κ3) is 9.97. The van der Waals surface area contributed by atoms with Crippen molar-refractivity contribution in [2.45, 2.75) is 127 Å². The number of aliphatic hydroxyl groups is 3. The average Bonchev–Trinajstić information content (AvgIpc) is 4.04. The number of rotatable bonds is 8. The first-order valence-corrected chi connectivity index (χ1v) is 24.3. The summed E-state index contributed by atoms with van der Waals surface area (Å²) in [4.78, 5) is 56.4. The average molecular weight is 1030 g/mol. The van der Waals surface area contributed by atoms with Crippen LogP contribution in [-0.2, 0) is 35.1 Å². The van der Waals surface area contributed by atoms with Crippen LogP contribution in [0.5, 0.6) is 23.0 Å². The summed E-state index contributed by atoms with van der Waals surface area (Å²) in [7, 11) is 1.34. The van der Waals surface area contributed by atoms with Crippen LogP contribution in [0, 0.1) is 18.7 Å². The summed E-state index contributed by atoms with van der Waals surface area (Å²) in [5.41, 5.74) is 12.7. The molecular formula is C52H63FN6O15. The lowest BCUT2D eigenvalue weighted by Gasteiger charge is -2.34. The second kappa shape index (κ2) is 20.8. The molecule has 3 aromatic rings. The third-order valence-electron chi connectivity index (χ3n) is 14.6. The van der Waals surface area contributed by atoms with Gasteiger partial charge in [-0.15, -0.1) is 0 Å². The van der Waals surface area contributed by atoms with Gasteiger partial charge in [0.25, 0.3) is 11.7 Å². The predicted molar refractivity (Wildman–Crippen MR) is 267 cm³/mol. The number of esters is 1. The number of carboxylic acids is 1. The maximum absolute atomic E-state index is 16.0. The molecule has 1 amide bonds. The van der Waals surface area contributed by atoms with Crippen LogP contribution >= 0.6 is 0 Å². The first kappa shape index (κ1) is 53.5. The number of aliphatic hydroxyl groups excluding tert-OH is 3. The lowest BCUT2D eigenvalue weighted by molar-refractivity contribution is -0.151. The van der Waals surface area contributed by atoms with Gasteiger partial charge >= 0.3 is 17.7 Å². The summed E-state index contributed by atoms with van der Waals surface area (Å²) in [6.45, 7) is 7.22. The Morgan fingerprint density at radius 1 is 0.986 bits per heavy atom. The Hall–Kier alpha value is -6.79. The fourth-order valence-electron chi connectivity index (χ4n) is 10.0. The van der Waals surface area contributed by atoms with Gasteiger partial charge in [-0.3, -0.25) is 14.4 Å². The highest BCUT2D eigenvalue weighted by molar-refractivity contribution is 6.22. The number of nitrogens with one attached hydrogen (secondary N) is 2. The topological polar surface area (TPSA) is 329 Å². The summed E-state index contributed by atoms with van der Waals surface area (Å²) in [5, 5.41) is 84.8. The van der Waals surface area contributed by atoms with Crippen LogP contribution in [0.4, 0.5) is 21.5 Å². The molecule has 74 heavy (non-hydrogen) atoms. The second-order valence-electron chi connectivity index (χ2n) is 19.7. The zero-order valence-corrected chi connectivity index (χ0v) is 41.7. The number of carbonyl (C=O) groups is 4. The number of ketones is 1. The van der Waals surface area contributed by atoms with Crippen molar-refractivity contribution in [3.8, 4) is 23.0 Å². The molecule has 0 aromatic heterocycles. The normalized spacial score (nSPS) is 30.2. The first-order valence-electron chi connectivity index (χ1n) is 24.3. The van der Waals surface area contributed by atoms with Crippen LogP contribution in [0.25, 0.3) is 10.8 Å². The number of nitrogens with zero attached hydrogens (tertiary/aromatic N) is 2. The molecule has 5 bridgehead atoms. The molecule has 21 nitrogen and oxygen atoms in total. The van der Waals surface area contributed by atoms with Gasteiger partial charge in [0.1, 0.15) is 35.3 Å². The van der Waals surface area contributed by atoms with Crippen LogP contribution in [0.15, 0.2) is 60.0 Å². The Morgan fingerprint density at radius 2 is 1.70 bits per heavy atom. The number of halogens is 1. The summed E-state index contributed by atoms with van der Waals surface area (Å²) in [6, 6.07) is -0.338. The van der Waals surface area contributed by atoms with Gasteiger partial charge in [0.05, 0.1) is 64.6 Å². The van der Waals surface area contributed by atoms with E-state index in [1.807, 2.05) is 0 Å². The molecule has 1 saturated heterocycles. The van der Waals surface area contributed by atoms with Gasteiger partial charge in [0.15, 0.2) is 5.75 Å². The van der Waals surface area contributed by atoms with E-state index in [-0.39, 0.29) is 86.8 Å². The van der Waals surface area contributed by atoms with Gasteiger partial charge in [-0.1, -0.05) is 25.2 Å². The van der Waals surface area contributed by atoms with Gasteiger partial charge < -0.3 is 86.6 Å².